The molecule has 1 aromatic carbocycles. The quantitative estimate of drug-likeness (QED) is 0.0153. The standard InChI is InChI=1S/C14H19NO2.C13H18N2O3.2C11H22N2O.C10H18N2O2.C10H16N2O.C10H20N2O.C10H18N2O.C9H15N3O/c1-4-13(16)12-7-5-11(6-8-12)9-15-14(17)10(2)3;1-4-18-13(17)10-5-6-11(14-7-10)8-15-12(16)9(2)3;1-9(2)11(14)12-8-10-4-6-13(3)7-5-10;1-9(2)11(14)12-5-7-13-6-4-10(3)8-13;1-8(2)10(14)11-5-7-12-6-3-4-9(12)13;1-8(2)10(13)11-6-9-4-5-12(3)7-9;1-8(2)10(13)11-4-5-12-6-9(3)7-12;1-7(2)10(13)12-6-9-4-5-11-8(9)3;1-7(2)9(13)10-6-8-4-5-12(3)11-8/h5-8,10H,4,9H2,1-3H3,(H,15,17);5-7,9H,4,8H2,1-3H3,(H,15,16);2*9-10H,4-8H2,1-3H3,(H,12,14);8H,3-7H2,1-2H3,(H,11,14);4-5,7-8H,6H2,1-3H3,(H,11,13);8-9H,4-7H2,1-3H3,(H,11,13);7,9,11H,3-6H2,1-2H3,(H,12,13);4-5,7H,6H2,1-3H3,(H,10,13). The Hall–Kier alpha value is -9.88. The van der Waals surface area contributed by atoms with Gasteiger partial charge in [-0.3, -0.25) is 62.4 Å². The number of likely N-dealkylation sites (tertiary alicyclic amines) is 4. The molecule has 5 fully saturated rings. The number of benzene rings is 1. The summed E-state index contributed by atoms with van der Waals surface area (Å²) in [4.78, 5) is 148. The molecule has 5 aliphatic rings. The van der Waals surface area contributed by atoms with Gasteiger partial charge in [-0.25, -0.2) is 4.79 Å². The molecule has 10 N–H and O–H groups in total. The summed E-state index contributed by atoms with van der Waals surface area (Å²) >= 11 is 0. The van der Waals surface area contributed by atoms with E-state index in [1.165, 1.54) is 64.7 Å². The molecule has 0 spiro atoms. The first-order chi connectivity index (χ1) is 60.8. The monoisotopic (exact) mass is 1810 g/mol. The molecule has 3 aromatic heterocycles. The number of esters is 1. The molecule has 31 heteroatoms. The molecule has 10 amide bonds. The second-order valence-electron chi connectivity index (χ2n) is 36.8. The lowest BCUT2D eigenvalue weighted by molar-refractivity contribution is -0.129. The van der Waals surface area contributed by atoms with Crippen LogP contribution in [0.2, 0.25) is 0 Å². The first-order valence-corrected chi connectivity index (χ1v) is 46.9. The Morgan fingerprint density at radius 2 is 0.907 bits per heavy atom. The van der Waals surface area contributed by atoms with E-state index in [0.29, 0.717) is 81.8 Å². The number of aromatic nitrogens is 4. The predicted molar refractivity (Wildman–Crippen MR) is 513 cm³/mol. The number of carbonyl (C=O) groups is 12. The number of Topliss-reactive ketones (excluding diaryl/α,β-unsaturated/α-hetero) is 1. The van der Waals surface area contributed by atoms with E-state index in [0.717, 1.165) is 105 Å². The molecule has 2 unspecified atom stereocenters. The second kappa shape index (κ2) is 65.6. The van der Waals surface area contributed by atoms with Crippen molar-refractivity contribution in [3.8, 4) is 0 Å². The van der Waals surface area contributed by atoms with E-state index in [1.807, 2.05) is 205 Å². The first-order valence-electron chi connectivity index (χ1n) is 46.9. The Bertz CT molecular complexity index is 3870. The largest absolute Gasteiger partial charge is 0.462 e. The Labute approximate surface area is 773 Å². The van der Waals surface area contributed by atoms with Crippen LogP contribution in [-0.4, -0.2) is 228 Å². The van der Waals surface area contributed by atoms with Crippen LogP contribution in [0.25, 0.3) is 0 Å². The van der Waals surface area contributed by atoms with E-state index in [9.17, 15) is 57.5 Å². The zero-order chi connectivity index (χ0) is 97.4. The van der Waals surface area contributed by atoms with Crippen molar-refractivity contribution in [3.05, 3.63) is 119 Å². The highest BCUT2D eigenvalue weighted by Gasteiger charge is 2.25. The molecule has 31 nitrogen and oxygen atoms in total. The summed E-state index contributed by atoms with van der Waals surface area (Å²) < 4.78 is 8.54. The molecular formula is C98H168N18O13. The zero-order valence-corrected chi connectivity index (χ0v) is 83.3. The van der Waals surface area contributed by atoms with Crippen molar-refractivity contribution in [2.24, 2.45) is 91.0 Å². The van der Waals surface area contributed by atoms with Crippen LogP contribution < -0.4 is 53.2 Å². The van der Waals surface area contributed by atoms with Gasteiger partial charge in [-0.05, 0) is 119 Å². The SMILES string of the molecule is C=C1NCCC1CNC(=O)C(C)C.CC(C)C(=O)NCC1CCN(C)CC1.CC(C)C(=O)NCCN1CCCC1=O.CC(C)C(=O)NCc1ccn(C)c1.CC(C)C(=O)NCc1ccn(C)n1.CC1CCN(CCNC(=O)C(C)C)C1.CC1CN(CCNC(=O)C(C)C)C1.CCC(=O)c1ccc(CNC(=O)C(C)C)cc1.CCOC(=O)c1ccc(CNC(=O)C(C)C)nc1. The Morgan fingerprint density at radius 1 is 0.465 bits per heavy atom. The summed E-state index contributed by atoms with van der Waals surface area (Å²) in [7, 11) is 5.98. The van der Waals surface area contributed by atoms with Gasteiger partial charge in [0.25, 0.3) is 0 Å². The molecule has 8 heterocycles. The fourth-order valence-electron chi connectivity index (χ4n) is 12.5. The molecular weight excluding hydrogens is 1640 g/mol. The third kappa shape index (κ3) is 53.8. The van der Waals surface area contributed by atoms with E-state index >= 15 is 0 Å². The number of ether oxygens (including phenoxy) is 1. The number of aryl methyl sites for hydroxylation is 2. The van der Waals surface area contributed by atoms with E-state index in [2.05, 4.69) is 105 Å². The number of nitrogens with one attached hydrogen (secondary N) is 10. The van der Waals surface area contributed by atoms with Crippen molar-refractivity contribution in [1.82, 2.24) is 92.1 Å². The summed E-state index contributed by atoms with van der Waals surface area (Å²) in [5.41, 5.74) is 5.93. The average molecular weight is 1810 g/mol. The van der Waals surface area contributed by atoms with E-state index < -0.39 is 0 Å². The number of pyridine rings is 1. The molecule has 4 aromatic rings. The fraction of sp³-hybridized carbons (Fsp3) is 0.673. The lowest BCUT2D eigenvalue weighted by Crippen LogP contribution is -2.48. The van der Waals surface area contributed by atoms with Crippen LogP contribution in [0.15, 0.2) is 85.6 Å². The van der Waals surface area contributed by atoms with Crippen LogP contribution in [0.1, 0.15) is 240 Å². The Kier molecular flexibility index (Phi) is 59.6. The maximum Gasteiger partial charge on any atom is 0.339 e. The first kappa shape index (κ1) is 117. The number of piperidine rings is 1. The van der Waals surface area contributed by atoms with Gasteiger partial charge in [0.2, 0.25) is 59.1 Å². The fourth-order valence-corrected chi connectivity index (χ4v) is 12.5. The molecule has 728 valence electrons. The van der Waals surface area contributed by atoms with E-state index in [-0.39, 0.29) is 124 Å². The number of nitrogens with zero attached hydrogens (tertiary/aromatic N) is 8. The third-order valence-electron chi connectivity index (χ3n) is 21.4. The van der Waals surface area contributed by atoms with Crippen LogP contribution in [0.5, 0.6) is 0 Å². The number of carbonyl (C=O) groups excluding carboxylic acids is 12. The van der Waals surface area contributed by atoms with Gasteiger partial charge in [0.05, 0.1) is 36.6 Å². The van der Waals surface area contributed by atoms with Crippen LogP contribution >= 0.6 is 0 Å². The predicted octanol–water partition coefficient (Wildman–Crippen LogP) is 10.2. The number of amides is 10. The Morgan fingerprint density at radius 3 is 1.30 bits per heavy atom. The normalized spacial score (nSPS) is 15.4. The summed E-state index contributed by atoms with van der Waals surface area (Å²) in [5, 5.41) is 33.1. The maximum absolute atomic E-state index is 11.4. The summed E-state index contributed by atoms with van der Waals surface area (Å²) in [5.74, 6) is 4.07. The van der Waals surface area contributed by atoms with Gasteiger partial charge < -0.3 is 82.1 Å². The van der Waals surface area contributed by atoms with Crippen LogP contribution in [0, 0.1) is 76.9 Å². The molecule has 0 saturated carbocycles. The third-order valence-corrected chi connectivity index (χ3v) is 21.4. The maximum atomic E-state index is 11.4. The van der Waals surface area contributed by atoms with Crippen molar-refractivity contribution < 1.29 is 62.3 Å². The Balaban J connectivity index is 0.000000727. The van der Waals surface area contributed by atoms with Gasteiger partial charge in [-0.15, -0.1) is 0 Å². The van der Waals surface area contributed by atoms with Gasteiger partial charge in [0.15, 0.2) is 5.78 Å². The van der Waals surface area contributed by atoms with Gasteiger partial charge in [0.1, 0.15) is 0 Å². The van der Waals surface area contributed by atoms with Crippen molar-refractivity contribution in [2.75, 3.05) is 118 Å². The molecule has 5 saturated heterocycles. The lowest BCUT2D eigenvalue weighted by atomic mass is 9.97. The summed E-state index contributed by atoms with van der Waals surface area (Å²) in [6.07, 6.45) is 14.2. The molecule has 9 rings (SSSR count). The highest BCUT2D eigenvalue weighted by molar-refractivity contribution is 5.96. The lowest BCUT2D eigenvalue weighted by Gasteiger charge is -2.37. The molecule has 2 atom stereocenters. The van der Waals surface area contributed by atoms with Crippen LogP contribution in [-0.2, 0) is 93.0 Å². The minimum absolute atomic E-state index is 0.00376. The summed E-state index contributed by atoms with van der Waals surface area (Å²) in [6.45, 7) is 63.7. The van der Waals surface area contributed by atoms with E-state index in [1.54, 1.807) is 28.6 Å². The van der Waals surface area contributed by atoms with Crippen molar-refractivity contribution in [2.45, 2.75) is 223 Å². The smallest absolute Gasteiger partial charge is 0.339 e. The number of rotatable bonds is 34. The molecule has 0 radical (unpaired) electrons. The van der Waals surface area contributed by atoms with Crippen molar-refractivity contribution >= 4 is 70.8 Å². The number of hydrogen-bond acceptors (Lipinski definition) is 19. The minimum atomic E-state index is -0.386. The van der Waals surface area contributed by atoms with Gasteiger partial charge >= 0.3 is 5.97 Å². The van der Waals surface area contributed by atoms with Gasteiger partial charge in [-0.2, -0.15) is 5.10 Å². The summed E-state index contributed by atoms with van der Waals surface area (Å²) in [6, 6.07) is 14.6. The van der Waals surface area contributed by atoms with Crippen molar-refractivity contribution in [1.29, 1.82) is 0 Å². The number of hydrogen-bond donors (Lipinski definition) is 10. The molecule has 0 aliphatic carbocycles. The van der Waals surface area contributed by atoms with Gasteiger partial charge in [-0.1, -0.05) is 176 Å². The van der Waals surface area contributed by atoms with Crippen molar-refractivity contribution in [3.63, 3.8) is 0 Å². The van der Waals surface area contributed by atoms with Crippen LogP contribution in [0.4, 0.5) is 0 Å². The van der Waals surface area contributed by atoms with E-state index in [4.69, 9.17) is 4.74 Å². The molecule has 0 bridgehead atoms. The van der Waals surface area contributed by atoms with Crippen LogP contribution in [0.3, 0.4) is 0 Å². The number of ketones is 1. The minimum Gasteiger partial charge on any atom is -0.462 e. The molecule has 129 heavy (non-hydrogen) atoms. The van der Waals surface area contributed by atoms with Gasteiger partial charge in [0, 0.05) is 220 Å². The highest BCUT2D eigenvalue weighted by atomic mass is 16.5. The molecule has 5 aliphatic heterocycles. The zero-order valence-electron chi connectivity index (χ0n) is 83.3. The average Bonchev–Trinajstić information content (AvgIpc) is 1.86. The topological polar surface area (TPSA) is 383 Å². The second-order valence-corrected chi connectivity index (χ2v) is 36.8. The highest BCUT2D eigenvalue weighted by Crippen LogP contribution is 2.19.